The van der Waals surface area contributed by atoms with Gasteiger partial charge in [-0.15, -0.1) is 0 Å². The smallest absolute Gasteiger partial charge is 0.244 e. The van der Waals surface area contributed by atoms with Gasteiger partial charge in [-0.25, -0.2) is 0 Å². The van der Waals surface area contributed by atoms with E-state index in [1.165, 1.54) is 12.2 Å². The van der Waals surface area contributed by atoms with E-state index in [0.29, 0.717) is 17.1 Å². The van der Waals surface area contributed by atoms with Crippen molar-refractivity contribution in [1.82, 2.24) is 5.32 Å². The predicted molar refractivity (Wildman–Crippen MR) is 90.9 cm³/mol. The van der Waals surface area contributed by atoms with Crippen molar-refractivity contribution in [3.8, 4) is 0 Å². The third kappa shape index (κ3) is 5.13. The minimum Gasteiger partial charge on any atom is -0.348 e. The molecule has 0 aliphatic rings. The molecular weight excluding hydrogens is 366 g/mol. The number of carbonyl (C=O) groups excluding carboxylic acids is 2. The van der Waals surface area contributed by atoms with E-state index in [2.05, 4.69) is 21.2 Å². The SMILES string of the molecule is O=C(/C=C/C(=O)c1ccc(Br)cc1)NCc1ccc(Cl)cc1. The molecule has 0 bridgehead atoms. The van der Waals surface area contributed by atoms with Crippen molar-refractivity contribution in [2.45, 2.75) is 6.54 Å². The summed E-state index contributed by atoms with van der Waals surface area (Å²) in [6, 6.07) is 14.1. The van der Waals surface area contributed by atoms with Gasteiger partial charge in [-0.2, -0.15) is 0 Å². The van der Waals surface area contributed by atoms with Crippen LogP contribution in [0.3, 0.4) is 0 Å². The summed E-state index contributed by atoms with van der Waals surface area (Å²) >= 11 is 9.09. The molecule has 0 saturated carbocycles. The van der Waals surface area contributed by atoms with Gasteiger partial charge in [-0.05, 0) is 48.0 Å². The Kier molecular flexibility index (Phi) is 5.92. The highest BCUT2D eigenvalue weighted by Gasteiger charge is 2.03. The predicted octanol–water partition coefficient (Wildman–Crippen LogP) is 4.16. The monoisotopic (exact) mass is 377 g/mol. The minimum atomic E-state index is -0.319. The number of carbonyl (C=O) groups is 2. The molecule has 0 aliphatic heterocycles. The van der Waals surface area contributed by atoms with Gasteiger partial charge in [0.2, 0.25) is 5.91 Å². The third-order valence-corrected chi connectivity index (χ3v) is 3.68. The molecule has 0 saturated heterocycles. The van der Waals surface area contributed by atoms with Gasteiger partial charge in [0.15, 0.2) is 5.78 Å². The molecule has 0 atom stereocenters. The average Bonchev–Trinajstić information content (AvgIpc) is 2.52. The summed E-state index contributed by atoms with van der Waals surface area (Å²) in [5, 5.41) is 3.35. The van der Waals surface area contributed by atoms with E-state index in [-0.39, 0.29) is 11.7 Å². The topological polar surface area (TPSA) is 46.2 Å². The van der Waals surface area contributed by atoms with E-state index < -0.39 is 0 Å². The summed E-state index contributed by atoms with van der Waals surface area (Å²) in [5.41, 5.74) is 1.47. The number of benzene rings is 2. The highest BCUT2D eigenvalue weighted by molar-refractivity contribution is 9.10. The van der Waals surface area contributed by atoms with Gasteiger partial charge in [-0.1, -0.05) is 39.7 Å². The number of rotatable bonds is 5. The quantitative estimate of drug-likeness (QED) is 0.627. The maximum absolute atomic E-state index is 11.9. The number of allylic oxidation sites excluding steroid dienone is 1. The van der Waals surface area contributed by atoms with Gasteiger partial charge >= 0.3 is 0 Å². The summed E-state index contributed by atoms with van der Waals surface area (Å²) < 4.78 is 0.897. The molecule has 1 N–H and O–H groups in total. The maximum Gasteiger partial charge on any atom is 0.244 e. The van der Waals surface area contributed by atoms with Crippen molar-refractivity contribution in [3.63, 3.8) is 0 Å². The lowest BCUT2D eigenvalue weighted by molar-refractivity contribution is -0.116. The number of ketones is 1. The molecule has 112 valence electrons. The van der Waals surface area contributed by atoms with Crippen molar-refractivity contribution in [1.29, 1.82) is 0 Å². The molecule has 0 radical (unpaired) electrons. The average molecular weight is 379 g/mol. The van der Waals surface area contributed by atoms with Crippen LogP contribution in [0.2, 0.25) is 5.02 Å². The van der Waals surface area contributed by atoms with Crippen LogP contribution in [0.25, 0.3) is 0 Å². The molecule has 5 heteroatoms. The molecule has 0 aliphatic carbocycles. The first-order valence-corrected chi connectivity index (χ1v) is 7.72. The van der Waals surface area contributed by atoms with Crippen molar-refractivity contribution in [2.75, 3.05) is 0 Å². The summed E-state index contributed by atoms with van der Waals surface area (Å²) in [6.45, 7) is 0.382. The highest BCUT2D eigenvalue weighted by Crippen LogP contribution is 2.11. The van der Waals surface area contributed by atoms with Crippen LogP contribution in [0.5, 0.6) is 0 Å². The van der Waals surface area contributed by atoms with E-state index in [1.807, 2.05) is 12.1 Å². The Morgan fingerprint density at radius 2 is 1.64 bits per heavy atom. The molecule has 0 fully saturated rings. The molecule has 0 aromatic heterocycles. The highest BCUT2D eigenvalue weighted by atomic mass is 79.9. The molecule has 0 heterocycles. The van der Waals surface area contributed by atoms with Crippen LogP contribution in [-0.2, 0) is 11.3 Å². The third-order valence-electron chi connectivity index (χ3n) is 2.89. The Labute approximate surface area is 142 Å². The standard InChI is InChI=1S/C17H13BrClNO2/c18-14-5-3-13(4-6-14)16(21)9-10-17(22)20-11-12-1-7-15(19)8-2-12/h1-10H,11H2,(H,20,22)/b10-9+. The Morgan fingerprint density at radius 3 is 2.27 bits per heavy atom. The molecule has 2 rings (SSSR count). The minimum absolute atomic E-state index is 0.214. The van der Waals surface area contributed by atoms with Crippen LogP contribution in [0, 0.1) is 0 Å². The zero-order chi connectivity index (χ0) is 15.9. The Balaban J connectivity index is 1.87. The van der Waals surface area contributed by atoms with Gasteiger partial charge in [0.05, 0.1) is 0 Å². The van der Waals surface area contributed by atoms with Crippen molar-refractivity contribution >= 4 is 39.2 Å². The fourth-order valence-electron chi connectivity index (χ4n) is 1.71. The van der Waals surface area contributed by atoms with Crippen LogP contribution in [0.4, 0.5) is 0 Å². The normalized spacial score (nSPS) is 10.6. The molecule has 0 unspecified atom stereocenters. The van der Waals surface area contributed by atoms with E-state index in [0.717, 1.165) is 10.0 Å². The van der Waals surface area contributed by atoms with E-state index >= 15 is 0 Å². The number of hydrogen-bond donors (Lipinski definition) is 1. The molecular formula is C17H13BrClNO2. The van der Waals surface area contributed by atoms with Crippen LogP contribution >= 0.6 is 27.5 Å². The molecule has 2 aromatic carbocycles. The van der Waals surface area contributed by atoms with Crippen molar-refractivity contribution in [2.24, 2.45) is 0 Å². The second kappa shape index (κ2) is 7.92. The zero-order valence-corrected chi connectivity index (χ0v) is 13.9. The molecule has 3 nitrogen and oxygen atoms in total. The van der Waals surface area contributed by atoms with Gasteiger partial charge in [0.1, 0.15) is 0 Å². The van der Waals surface area contributed by atoms with Crippen LogP contribution < -0.4 is 5.32 Å². The van der Waals surface area contributed by atoms with E-state index in [1.54, 1.807) is 36.4 Å². The Bertz CT molecular complexity index is 694. The van der Waals surface area contributed by atoms with Crippen LogP contribution in [0.1, 0.15) is 15.9 Å². The van der Waals surface area contributed by atoms with E-state index in [4.69, 9.17) is 11.6 Å². The first kappa shape index (κ1) is 16.5. The second-order valence-corrected chi connectivity index (χ2v) is 5.90. The number of amides is 1. The Morgan fingerprint density at radius 1 is 1.00 bits per heavy atom. The van der Waals surface area contributed by atoms with Gasteiger partial charge in [0.25, 0.3) is 0 Å². The second-order valence-electron chi connectivity index (χ2n) is 4.55. The number of nitrogens with one attached hydrogen (secondary N) is 1. The fraction of sp³-hybridized carbons (Fsp3) is 0.0588. The number of hydrogen-bond acceptors (Lipinski definition) is 2. The zero-order valence-electron chi connectivity index (χ0n) is 11.6. The largest absolute Gasteiger partial charge is 0.348 e. The molecule has 2 aromatic rings. The van der Waals surface area contributed by atoms with Gasteiger partial charge in [0, 0.05) is 27.7 Å². The molecule has 1 amide bonds. The summed E-state index contributed by atoms with van der Waals surface area (Å²) in [4.78, 5) is 23.6. The lowest BCUT2D eigenvalue weighted by atomic mass is 10.1. The summed E-state index contributed by atoms with van der Waals surface area (Å²) in [7, 11) is 0. The van der Waals surface area contributed by atoms with Gasteiger partial charge < -0.3 is 5.32 Å². The molecule has 0 spiro atoms. The van der Waals surface area contributed by atoms with E-state index in [9.17, 15) is 9.59 Å². The fourth-order valence-corrected chi connectivity index (χ4v) is 2.10. The molecule has 22 heavy (non-hydrogen) atoms. The Hall–Kier alpha value is -1.91. The first-order chi connectivity index (χ1) is 10.5. The summed E-state index contributed by atoms with van der Waals surface area (Å²) in [6.07, 6.45) is 2.50. The number of halogens is 2. The van der Waals surface area contributed by atoms with Crippen molar-refractivity contribution < 1.29 is 9.59 Å². The van der Waals surface area contributed by atoms with Gasteiger partial charge in [-0.3, -0.25) is 9.59 Å². The lowest BCUT2D eigenvalue weighted by Gasteiger charge is -2.02. The maximum atomic E-state index is 11.9. The first-order valence-electron chi connectivity index (χ1n) is 6.55. The lowest BCUT2D eigenvalue weighted by Crippen LogP contribution is -2.20. The summed E-state index contributed by atoms with van der Waals surface area (Å²) in [5.74, 6) is -0.533. The van der Waals surface area contributed by atoms with Crippen molar-refractivity contribution in [3.05, 3.63) is 81.3 Å². The van der Waals surface area contributed by atoms with Crippen LogP contribution in [-0.4, -0.2) is 11.7 Å². The van der Waals surface area contributed by atoms with Crippen LogP contribution in [0.15, 0.2) is 65.2 Å².